The average Bonchev–Trinajstić information content (AvgIpc) is 2.29. The number of hydrogen-bond donors (Lipinski definition) is 2. The number of nitrogens with two attached hydrogens (primary N) is 1. The molecule has 0 aliphatic carbocycles. The monoisotopic (exact) mass is 264 g/mol. The Labute approximate surface area is 115 Å². The van der Waals surface area contributed by atoms with Crippen molar-refractivity contribution in [3.63, 3.8) is 0 Å². The van der Waals surface area contributed by atoms with Crippen LogP contribution in [-0.2, 0) is 4.79 Å². The molecule has 3 N–H and O–H groups in total. The highest BCUT2D eigenvalue weighted by Gasteiger charge is 2.09. The molecule has 0 aliphatic rings. The topological polar surface area (TPSA) is 64.3 Å². The Kier molecular flexibility index (Phi) is 5.83. The zero-order valence-electron chi connectivity index (χ0n) is 12.2. The van der Waals surface area contributed by atoms with Crippen LogP contribution in [0.5, 0.6) is 5.75 Å². The van der Waals surface area contributed by atoms with Crippen LogP contribution in [-0.4, -0.2) is 18.6 Å². The van der Waals surface area contributed by atoms with Crippen molar-refractivity contribution >= 4 is 5.91 Å². The average molecular weight is 264 g/mol. The molecule has 0 aliphatic heterocycles. The number of ether oxygens (including phenoxy) is 1. The lowest BCUT2D eigenvalue weighted by molar-refractivity contribution is -0.122. The van der Waals surface area contributed by atoms with Crippen LogP contribution in [0, 0.1) is 6.92 Å². The van der Waals surface area contributed by atoms with Crippen LogP contribution < -0.4 is 15.8 Å². The third-order valence-electron chi connectivity index (χ3n) is 2.69. The van der Waals surface area contributed by atoms with Crippen molar-refractivity contribution < 1.29 is 9.53 Å². The molecule has 0 fully saturated rings. The summed E-state index contributed by atoms with van der Waals surface area (Å²) in [5.41, 5.74) is 8.05. The molecule has 106 valence electrons. The molecule has 0 radical (unpaired) electrons. The van der Waals surface area contributed by atoms with Crippen LogP contribution in [0.1, 0.15) is 44.4 Å². The van der Waals surface area contributed by atoms with E-state index in [1.165, 1.54) is 0 Å². The molecule has 1 aromatic rings. The van der Waals surface area contributed by atoms with Gasteiger partial charge in [0.15, 0.2) is 0 Å². The van der Waals surface area contributed by atoms with Gasteiger partial charge in [0, 0.05) is 17.6 Å². The van der Waals surface area contributed by atoms with Crippen molar-refractivity contribution in [3.8, 4) is 5.75 Å². The van der Waals surface area contributed by atoms with Gasteiger partial charge in [-0.2, -0.15) is 0 Å². The lowest BCUT2D eigenvalue weighted by atomic mass is 10.1. The standard InChI is InChI=1S/C15H24N2O2/c1-10(2)17-15(18)7-8-19-14-6-5-11(3)9-13(14)12(4)16/h5-6,9-10,12H,7-8,16H2,1-4H3,(H,17,18). The highest BCUT2D eigenvalue weighted by atomic mass is 16.5. The molecule has 4 heteroatoms. The number of rotatable bonds is 6. The van der Waals surface area contributed by atoms with Gasteiger partial charge in [-0.1, -0.05) is 17.7 Å². The van der Waals surface area contributed by atoms with Gasteiger partial charge in [-0.15, -0.1) is 0 Å². The molecule has 1 atom stereocenters. The molecule has 0 saturated carbocycles. The van der Waals surface area contributed by atoms with Crippen LogP contribution in [0.4, 0.5) is 0 Å². The van der Waals surface area contributed by atoms with E-state index >= 15 is 0 Å². The summed E-state index contributed by atoms with van der Waals surface area (Å²) in [5.74, 6) is 0.766. The summed E-state index contributed by atoms with van der Waals surface area (Å²) in [6, 6.07) is 5.99. The van der Waals surface area contributed by atoms with Gasteiger partial charge in [0.1, 0.15) is 5.75 Å². The Morgan fingerprint density at radius 1 is 1.37 bits per heavy atom. The van der Waals surface area contributed by atoms with Gasteiger partial charge in [-0.05, 0) is 33.8 Å². The van der Waals surface area contributed by atoms with Crippen LogP contribution >= 0.6 is 0 Å². The summed E-state index contributed by atoms with van der Waals surface area (Å²) in [5, 5.41) is 2.83. The number of nitrogens with one attached hydrogen (secondary N) is 1. The zero-order valence-corrected chi connectivity index (χ0v) is 12.2. The van der Waals surface area contributed by atoms with Crippen molar-refractivity contribution in [2.24, 2.45) is 5.73 Å². The minimum Gasteiger partial charge on any atom is -0.493 e. The third-order valence-corrected chi connectivity index (χ3v) is 2.69. The van der Waals surface area contributed by atoms with Gasteiger partial charge < -0.3 is 15.8 Å². The minimum absolute atomic E-state index is 0.00413. The maximum absolute atomic E-state index is 11.5. The highest BCUT2D eigenvalue weighted by Crippen LogP contribution is 2.25. The van der Waals surface area contributed by atoms with E-state index in [4.69, 9.17) is 10.5 Å². The van der Waals surface area contributed by atoms with Crippen LogP contribution in [0.15, 0.2) is 18.2 Å². The molecule has 0 spiro atoms. The summed E-state index contributed by atoms with van der Waals surface area (Å²) in [7, 11) is 0. The summed E-state index contributed by atoms with van der Waals surface area (Å²) >= 11 is 0. The maximum atomic E-state index is 11.5. The summed E-state index contributed by atoms with van der Waals surface area (Å²) < 4.78 is 5.66. The van der Waals surface area contributed by atoms with Gasteiger partial charge >= 0.3 is 0 Å². The van der Waals surface area contributed by atoms with E-state index in [2.05, 4.69) is 5.32 Å². The molecule has 0 aromatic heterocycles. The molecule has 0 heterocycles. The smallest absolute Gasteiger partial charge is 0.223 e. The van der Waals surface area contributed by atoms with Crippen molar-refractivity contribution in [2.45, 2.75) is 46.2 Å². The summed E-state index contributed by atoms with van der Waals surface area (Å²) in [6.45, 7) is 8.18. The van der Waals surface area contributed by atoms with Gasteiger partial charge in [0.25, 0.3) is 0 Å². The molecule has 1 rings (SSSR count). The SMILES string of the molecule is Cc1ccc(OCCC(=O)NC(C)C)c(C(C)N)c1. The largest absolute Gasteiger partial charge is 0.493 e. The number of hydrogen-bond acceptors (Lipinski definition) is 3. The Hall–Kier alpha value is -1.55. The van der Waals surface area contributed by atoms with Crippen LogP contribution in [0.3, 0.4) is 0 Å². The first-order chi connectivity index (χ1) is 8.90. The van der Waals surface area contributed by atoms with Gasteiger partial charge in [-0.25, -0.2) is 0 Å². The van der Waals surface area contributed by atoms with E-state index in [1.54, 1.807) is 0 Å². The third kappa shape index (κ3) is 5.30. The molecule has 1 unspecified atom stereocenters. The first-order valence-corrected chi connectivity index (χ1v) is 6.68. The Bertz CT molecular complexity index is 428. The number of carbonyl (C=O) groups is 1. The van der Waals surface area contributed by atoms with E-state index in [-0.39, 0.29) is 18.0 Å². The Balaban J connectivity index is 2.56. The van der Waals surface area contributed by atoms with E-state index < -0.39 is 0 Å². The Morgan fingerprint density at radius 2 is 2.05 bits per heavy atom. The molecular formula is C15H24N2O2. The van der Waals surface area contributed by atoms with Gasteiger partial charge in [0.2, 0.25) is 5.91 Å². The maximum Gasteiger partial charge on any atom is 0.223 e. The number of amides is 1. The van der Waals surface area contributed by atoms with Gasteiger partial charge in [-0.3, -0.25) is 4.79 Å². The minimum atomic E-state index is -0.0839. The fourth-order valence-electron chi connectivity index (χ4n) is 1.80. The fraction of sp³-hybridized carbons (Fsp3) is 0.533. The van der Waals surface area contributed by atoms with E-state index in [0.717, 1.165) is 16.9 Å². The predicted molar refractivity (Wildman–Crippen MR) is 77.2 cm³/mol. The summed E-state index contributed by atoms with van der Waals surface area (Å²) in [4.78, 5) is 11.5. The van der Waals surface area contributed by atoms with Crippen molar-refractivity contribution in [1.82, 2.24) is 5.32 Å². The first-order valence-electron chi connectivity index (χ1n) is 6.68. The predicted octanol–water partition coefficient (Wildman–Crippen LogP) is 2.31. The van der Waals surface area contributed by atoms with Crippen LogP contribution in [0.2, 0.25) is 0 Å². The summed E-state index contributed by atoms with van der Waals surface area (Å²) in [6.07, 6.45) is 0.352. The fourth-order valence-corrected chi connectivity index (χ4v) is 1.80. The second-order valence-corrected chi connectivity index (χ2v) is 5.15. The Morgan fingerprint density at radius 3 is 2.63 bits per heavy atom. The van der Waals surface area contributed by atoms with Crippen molar-refractivity contribution in [3.05, 3.63) is 29.3 Å². The normalized spacial score (nSPS) is 12.3. The van der Waals surface area contributed by atoms with E-state index in [0.29, 0.717) is 13.0 Å². The van der Waals surface area contributed by atoms with Crippen LogP contribution in [0.25, 0.3) is 0 Å². The molecule has 1 amide bonds. The molecular weight excluding hydrogens is 240 g/mol. The molecule has 1 aromatic carbocycles. The number of carbonyl (C=O) groups excluding carboxylic acids is 1. The second kappa shape index (κ2) is 7.14. The van der Waals surface area contributed by atoms with Crippen molar-refractivity contribution in [1.29, 1.82) is 0 Å². The molecule has 4 nitrogen and oxygen atoms in total. The number of benzene rings is 1. The molecule has 0 bridgehead atoms. The van der Waals surface area contributed by atoms with Crippen molar-refractivity contribution in [2.75, 3.05) is 6.61 Å². The first kappa shape index (κ1) is 15.5. The lowest BCUT2D eigenvalue weighted by Gasteiger charge is -2.15. The van der Waals surface area contributed by atoms with E-state index in [1.807, 2.05) is 45.9 Å². The quantitative estimate of drug-likeness (QED) is 0.828. The highest BCUT2D eigenvalue weighted by molar-refractivity contribution is 5.76. The molecule has 19 heavy (non-hydrogen) atoms. The van der Waals surface area contributed by atoms with E-state index in [9.17, 15) is 4.79 Å². The lowest BCUT2D eigenvalue weighted by Crippen LogP contribution is -2.31. The zero-order chi connectivity index (χ0) is 14.4. The molecule has 0 saturated heterocycles. The van der Waals surface area contributed by atoms with Gasteiger partial charge in [0.05, 0.1) is 13.0 Å². The second-order valence-electron chi connectivity index (χ2n) is 5.15. The number of aryl methyl sites for hydroxylation is 1.